The number of nitrogens with one attached hydrogen (secondary N) is 3. The summed E-state index contributed by atoms with van der Waals surface area (Å²) in [6.45, 7) is 9.71. The second-order valence-electron chi connectivity index (χ2n) is 12.1. The molecule has 200 valence electrons. The zero-order valence-corrected chi connectivity index (χ0v) is 22.8. The van der Waals surface area contributed by atoms with E-state index in [2.05, 4.69) is 21.4 Å². The topological polar surface area (TPSA) is 148 Å². The molecular weight excluding hydrogens is 494 g/mol. The van der Waals surface area contributed by atoms with Crippen molar-refractivity contribution in [1.29, 1.82) is 5.26 Å². The van der Waals surface area contributed by atoms with E-state index >= 15 is 0 Å². The Balaban J connectivity index is 1.55. The Hall–Kier alpha value is -2.97. The van der Waals surface area contributed by atoms with Crippen molar-refractivity contribution in [2.45, 2.75) is 65.1 Å². The summed E-state index contributed by atoms with van der Waals surface area (Å²) in [6, 6.07) is 6.52. The molecule has 2 fully saturated rings. The van der Waals surface area contributed by atoms with Gasteiger partial charge < -0.3 is 15.5 Å². The number of rotatable bonds is 7. The number of piperidine rings is 1. The van der Waals surface area contributed by atoms with Crippen molar-refractivity contribution in [3.8, 4) is 6.07 Å². The molecule has 3 N–H and O–H groups in total. The van der Waals surface area contributed by atoms with Gasteiger partial charge in [-0.25, -0.2) is 13.1 Å². The first-order chi connectivity index (χ1) is 17.1. The third-order valence-electron chi connectivity index (χ3n) is 8.06. The molecule has 0 spiro atoms. The molecular formula is C26H35N5O5S. The van der Waals surface area contributed by atoms with E-state index in [4.69, 9.17) is 0 Å². The fourth-order valence-corrected chi connectivity index (χ4v) is 6.82. The molecule has 37 heavy (non-hydrogen) atoms. The van der Waals surface area contributed by atoms with Gasteiger partial charge in [-0.3, -0.25) is 14.4 Å². The highest BCUT2D eigenvalue weighted by atomic mass is 32.2. The number of hydrogen-bond acceptors (Lipinski definition) is 6. The van der Waals surface area contributed by atoms with Crippen LogP contribution in [0.25, 0.3) is 0 Å². The number of fused-ring (bicyclic) bond motifs is 2. The predicted molar refractivity (Wildman–Crippen MR) is 137 cm³/mol. The van der Waals surface area contributed by atoms with Crippen LogP contribution in [0.3, 0.4) is 0 Å². The molecule has 1 saturated carbocycles. The van der Waals surface area contributed by atoms with E-state index in [0.717, 1.165) is 11.8 Å². The number of carbonyl (C=O) groups is 3. The van der Waals surface area contributed by atoms with Crippen LogP contribution in [-0.2, 0) is 24.4 Å². The Kier molecular flexibility index (Phi) is 6.66. The number of benzene rings is 1. The largest absolute Gasteiger partial charge is 0.339 e. The van der Waals surface area contributed by atoms with Crippen LogP contribution in [0.5, 0.6) is 0 Å². The molecule has 1 unspecified atom stereocenters. The number of hydrogen-bond donors (Lipinski definition) is 3. The van der Waals surface area contributed by atoms with Crippen molar-refractivity contribution in [2.75, 3.05) is 18.1 Å². The third kappa shape index (κ3) is 5.09. The number of anilines is 1. The maximum Gasteiger partial charge on any atom is 0.244 e. The highest BCUT2D eigenvalue weighted by Gasteiger charge is 2.69. The van der Waals surface area contributed by atoms with E-state index in [9.17, 15) is 28.1 Å². The highest BCUT2D eigenvalue weighted by molar-refractivity contribution is 7.88. The summed E-state index contributed by atoms with van der Waals surface area (Å²) in [4.78, 5) is 41.3. The molecule has 2 heterocycles. The molecule has 1 aliphatic carbocycles. The molecule has 11 heteroatoms. The summed E-state index contributed by atoms with van der Waals surface area (Å²) in [5, 5.41) is 15.4. The van der Waals surface area contributed by atoms with E-state index in [1.807, 2.05) is 32.0 Å². The molecule has 1 aromatic rings. The Labute approximate surface area is 218 Å². The standard InChI is InChI=1S/C26H35N5O5S/c1-25(2,3)21(30-37(6,35)36)24(34)31-13-17-19(26(17,4)5)20(31)23(33)28-14(12-27)11-16-15-9-7-8-10-18(15)29-22(16)32/h7-10,14,16-17,19-21,30H,11,13H2,1-6H3,(H,28,33)(H,29,32)/t14-,16?,17-,19+,20-,21+/m0/s1. The van der Waals surface area contributed by atoms with Gasteiger partial charge in [-0.1, -0.05) is 52.8 Å². The van der Waals surface area contributed by atoms with Gasteiger partial charge in [0.2, 0.25) is 27.7 Å². The minimum atomic E-state index is -3.69. The first-order valence-electron chi connectivity index (χ1n) is 12.4. The molecule has 0 aromatic heterocycles. The van der Waals surface area contributed by atoms with Crippen LogP contribution in [-0.4, -0.2) is 62.0 Å². The quantitative estimate of drug-likeness (QED) is 0.488. The predicted octanol–water partition coefficient (Wildman–Crippen LogP) is 1.57. The van der Waals surface area contributed by atoms with Crippen molar-refractivity contribution in [2.24, 2.45) is 22.7 Å². The van der Waals surface area contributed by atoms with Crippen molar-refractivity contribution >= 4 is 33.4 Å². The number of para-hydroxylation sites is 1. The van der Waals surface area contributed by atoms with Gasteiger partial charge in [-0.2, -0.15) is 5.26 Å². The Morgan fingerprint density at radius 2 is 1.92 bits per heavy atom. The minimum Gasteiger partial charge on any atom is -0.339 e. The van der Waals surface area contributed by atoms with Crippen LogP contribution < -0.4 is 15.4 Å². The van der Waals surface area contributed by atoms with Gasteiger partial charge in [0.1, 0.15) is 18.1 Å². The SMILES string of the molecule is CC(C)(C)[C@H](NS(C)(=O)=O)C(=O)N1C[C@H]2[C@H]([C@H]1C(=O)N[C@H](C#N)CC1C(=O)Nc3ccccc31)C2(C)C. The van der Waals surface area contributed by atoms with Gasteiger partial charge in [-0.15, -0.1) is 0 Å². The second kappa shape index (κ2) is 9.10. The number of sulfonamides is 1. The van der Waals surface area contributed by atoms with E-state index in [1.165, 1.54) is 4.90 Å². The van der Waals surface area contributed by atoms with E-state index in [0.29, 0.717) is 12.2 Å². The van der Waals surface area contributed by atoms with Gasteiger partial charge in [0.05, 0.1) is 18.2 Å². The molecule has 0 bridgehead atoms. The molecule has 1 saturated heterocycles. The van der Waals surface area contributed by atoms with Crippen LogP contribution in [0.2, 0.25) is 0 Å². The highest BCUT2D eigenvalue weighted by Crippen LogP contribution is 2.65. The lowest BCUT2D eigenvalue weighted by Gasteiger charge is -2.37. The molecule has 6 atom stereocenters. The van der Waals surface area contributed by atoms with Crippen LogP contribution in [0.15, 0.2) is 24.3 Å². The van der Waals surface area contributed by atoms with Crippen LogP contribution in [0.1, 0.15) is 52.5 Å². The third-order valence-corrected chi connectivity index (χ3v) is 8.72. The smallest absolute Gasteiger partial charge is 0.244 e. The molecule has 4 rings (SSSR count). The molecule has 0 radical (unpaired) electrons. The van der Waals surface area contributed by atoms with Crippen molar-refractivity contribution in [3.05, 3.63) is 29.8 Å². The fourth-order valence-electron chi connectivity index (χ4n) is 5.94. The maximum absolute atomic E-state index is 13.7. The lowest BCUT2D eigenvalue weighted by atomic mass is 9.86. The zero-order chi connectivity index (χ0) is 27.5. The van der Waals surface area contributed by atoms with Gasteiger partial charge in [0, 0.05) is 12.2 Å². The molecule has 1 aromatic carbocycles. The Bertz CT molecular complexity index is 1280. The summed E-state index contributed by atoms with van der Waals surface area (Å²) >= 11 is 0. The van der Waals surface area contributed by atoms with Crippen LogP contribution in [0, 0.1) is 34.0 Å². The van der Waals surface area contributed by atoms with Crippen LogP contribution >= 0.6 is 0 Å². The fraction of sp³-hybridized carbons (Fsp3) is 0.615. The van der Waals surface area contributed by atoms with Gasteiger partial charge in [0.15, 0.2) is 0 Å². The average Bonchev–Trinajstić information content (AvgIpc) is 3.10. The molecule has 3 amide bonds. The monoisotopic (exact) mass is 529 g/mol. The molecule has 2 aliphatic heterocycles. The Morgan fingerprint density at radius 3 is 2.51 bits per heavy atom. The summed E-state index contributed by atoms with van der Waals surface area (Å²) in [6.07, 6.45) is 1.10. The number of nitrogens with zero attached hydrogens (tertiary/aromatic N) is 2. The van der Waals surface area contributed by atoms with Crippen molar-refractivity contribution in [3.63, 3.8) is 0 Å². The number of carbonyl (C=O) groups excluding carboxylic acids is 3. The van der Waals surface area contributed by atoms with E-state index in [-0.39, 0.29) is 29.6 Å². The summed E-state index contributed by atoms with van der Waals surface area (Å²) < 4.78 is 26.5. The van der Waals surface area contributed by atoms with Gasteiger partial charge in [0.25, 0.3) is 0 Å². The number of amides is 3. The zero-order valence-electron chi connectivity index (χ0n) is 22.0. The normalized spacial score (nSPS) is 27.4. The second-order valence-corrected chi connectivity index (χ2v) is 13.9. The Morgan fingerprint density at radius 1 is 1.27 bits per heavy atom. The number of nitriles is 1. The lowest BCUT2D eigenvalue weighted by molar-refractivity contribution is -0.143. The van der Waals surface area contributed by atoms with Crippen molar-refractivity contribution < 1.29 is 22.8 Å². The van der Waals surface area contributed by atoms with Gasteiger partial charge >= 0.3 is 0 Å². The van der Waals surface area contributed by atoms with Crippen LogP contribution in [0.4, 0.5) is 5.69 Å². The lowest BCUT2D eigenvalue weighted by Crippen LogP contribution is -2.59. The number of likely N-dealkylation sites (tertiary alicyclic amines) is 1. The first-order valence-corrected chi connectivity index (χ1v) is 14.3. The average molecular weight is 530 g/mol. The van der Waals surface area contributed by atoms with Crippen molar-refractivity contribution in [1.82, 2.24) is 14.9 Å². The van der Waals surface area contributed by atoms with E-state index in [1.54, 1.807) is 26.8 Å². The molecule has 3 aliphatic rings. The maximum atomic E-state index is 13.7. The molecule has 10 nitrogen and oxygen atoms in total. The first kappa shape index (κ1) is 27.1. The summed E-state index contributed by atoms with van der Waals surface area (Å²) in [5.41, 5.74) is 0.583. The minimum absolute atomic E-state index is 0.0964. The van der Waals surface area contributed by atoms with Gasteiger partial charge in [-0.05, 0) is 40.7 Å². The summed E-state index contributed by atoms with van der Waals surface area (Å²) in [5.74, 6) is -1.73. The summed E-state index contributed by atoms with van der Waals surface area (Å²) in [7, 11) is -3.69. The van der Waals surface area contributed by atoms with E-state index < -0.39 is 51.3 Å².